The largest absolute Gasteiger partial charge is 0.314 e. The van der Waals surface area contributed by atoms with Crippen LogP contribution in [0.4, 0.5) is 0 Å². The summed E-state index contributed by atoms with van der Waals surface area (Å²) in [6.07, 6.45) is 10.7. The predicted molar refractivity (Wildman–Crippen MR) is 76.2 cm³/mol. The molecule has 2 heteroatoms. The smallest absolute Gasteiger partial charge is 0.00671 e. The van der Waals surface area contributed by atoms with Crippen molar-refractivity contribution in [2.24, 2.45) is 11.8 Å². The Balaban J connectivity index is 2.15. The lowest BCUT2D eigenvalue weighted by atomic mass is 9.89. The molecule has 0 heterocycles. The van der Waals surface area contributed by atoms with Crippen molar-refractivity contribution >= 4 is 11.8 Å². The monoisotopic (exact) mass is 243 g/mol. The zero-order valence-electron chi connectivity index (χ0n) is 11.3. The number of hydrogen-bond acceptors (Lipinski definition) is 2. The van der Waals surface area contributed by atoms with Gasteiger partial charge in [0.25, 0.3) is 0 Å². The second-order valence-electron chi connectivity index (χ2n) is 5.51. The molecule has 1 nitrogen and oxygen atoms in total. The Kier molecular flexibility index (Phi) is 7.55. The van der Waals surface area contributed by atoms with Gasteiger partial charge in [-0.1, -0.05) is 26.7 Å². The van der Waals surface area contributed by atoms with E-state index in [1.165, 1.54) is 50.8 Å². The lowest BCUT2D eigenvalue weighted by molar-refractivity contribution is 0.338. The quantitative estimate of drug-likeness (QED) is 0.560. The summed E-state index contributed by atoms with van der Waals surface area (Å²) in [5, 5.41) is 3.74. The van der Waals surface area contributed by atoms with Crippen LogP contribution in [0.25, 0.3) is 0 Å². The Morgan fingerprint density at radius 3 is 2.69 bits per heavy atom. The van der Waals surface area contributed by atoms with Crippen molar-refractivity contribution < 1.29 is 0 Å². The summed E-state index contributed by atoms with van der Waals surface area (Å²) in [5.74, 6) is 3.17. The third kappa shape index (κ3) is 5.58. The number of nitrogens with one attached hydrogen (secondary N) is 1. The first-order valence-corrected chi connectivity index (χ1v) is 8.35. The molecule has 0 saturated heterocycles. The Hall–Kier alpha value is 0.310. The van der Waals surface area contributed by atoms with Crippen LogP contribution in [0.1, 0.15) is 52.4 Å². The van der Waals surface area contributed by atoms with Crippen LogP contribution in [0.15, 0.2) is 0 Å². The molecule has 0 spiro atoms. The van der Waals surface area contributed by atoms with E-state index in [2.05, 4.69) is 25.4 Å². The van der Waals surface area contributed by atoms with Crippen molar-refractivity contribution in [2.45, 2.75) is 58.4 Å². The minimum absolute atomic E-state index is 0.811. The molecule has 2 atom stereocenters. The maximum atomic E-state index is 3.74. The van der Waals surface area contributed by atoms with Gasteiger partial charge in [0.05, 0.1) is 0 Å². The number of rotatable bonds is 6. The molecular weight excluding hydrogens is 214 g/mol. The fourth-order valence-electron chi connectivity index (χ4n) is 2.72. The van der Waals surface area contributed by atoms with E-state index in [0.29, 0.717) is 0 Å². The Labute approximate surface area is 106 Å². The topological polar surface area (TPSA) is 12.0 Å². The van der Waals surface area contributed by atoms with E-state index < -0.39 is 0 Å². The third-order valence-corrected chi connectivity index (χ3v) is 4.61. The van der Waals surface area contributed by atoms with Crippen LogP contribution in [0, 0.1) is 11.8 Å². The van der Waals surface area contributed by atoms with Crippen LogP contribution in [-0.4, -0.2) is 24.6 Å². The minimum Gasteiger partial charge on any atom is -0.314 e. The van der Waals surface area contributed by atoms with Gasteiger partial charge in [0, 0.05) is 6.04 Å². The standard InChI is InChI=1S/C14H29NS/c1-12(2)13-6-4-7-14(9-8-13)15-10-5-11-16-3/h12-15H,4-11H2,1-3H3. The van der Waals surface area contributed by atoms with E-state index >= 15 is 0 Å². The average molecular weight is 243 g/mol. The Morgan fingerprint density at radius 1 is 1.19 bits per heavy atom. The van der Waals surface area contributed by atoms with E-state index in [1.807, 2.05) is 11.8 Å². The van der Waals surface area contributed by atoms with E-state index in [9.17, 15) is 0 Å². The van der Waals surface area contributed by atoms with Gasteiger partial charge in [-0.25, -0.2) is 0 Å². The molecule has 96 valence electrons. The molecule has 0 aromatic heterocycles. The molecular formula is C14H29NS. The molecule has 1 rings (SSSR count). The molecule has 16 heavy (non-hydrogen) atoms. The molecule has 0 bridgehead atoms. The highest BCUT2D eigenvalue weighted by Crippen LogP contribution is 2.28. The second-order valence-corrected chi connectivity index (χ2v) is 6.50. The lowest BCUT2D eigenvalue weighted by Crippen LogP contribution is -2.29. The molecule has 1 aliphatic rings. The summed E-state index contributed by atoms with van der Waals surface area (Å²) in [4.78, 5) is 0. The van der Waals surface area contributed by atoms with Gasteiger partial charge in [0.2, 0.25) is 0 Å². The van der Waals surface area contributed by atoms with Gasteiger partial charge in [-0.2, -0.15) is 11.8 Å². The highest BCUT2D eigenvalue weighted by Gasteiger charge is 2.20. The van der Waals surface area contributed by atoms with E-state index in [4.69, 9.17) is 0 Å². The fourth-order valence-corrected chi connectivity index (χ4v) is 3.16. The van der Waals surface area contributed by atoms with E-state index in [1.54, 1.807) is 0 Å². The molecule has 0 aromatic carbocycles. The molecule has 1 saturated carbocycles. The predicted octanol–water partition coefficient (Wildman–Crippen LogP) is 3.93. The first-order valence-electron chi connectivity index (χ1n) is 6.96. The maximum Gasteiger partial charge on any atom is 0.00671 e. The summed E-state index contributed by atoms with van der Waals surface area (Å²) in [6.45, 7) is 5.99. The Bertz CT molecular complexity index is 170. The molecule has 0 aliphatic heterocycles. The summed E-state index contributed by atoms with van der Waals surface area (Å²) < 4.78 is 0. The molecule has 2 unspecified atom stereocenters. The first kappa shape index (κ1) is 14.4. The third-order valence-electron chi connectivity index (χ3n) is 3.91. The zero-order chi connectivity index (χ0) is 11.8. The minimum atomic E-state index is 0.811. The normalized spacial score (nSPS) is 27.0. The maximum absolute atomic E-state index is 3.74. The van der Waals surface area contributed by atoms with Crippen molar-refractivity contribution in [1.82, 2.24) is 5.32 Å². The van der Waals surface area contributed by atoms with E-state index in [-0.39, 0.29) is 0 Å². The van der Waals surface area contributed by atoms with Crippen LogP contribution in [0.3, 0.4) is 0 Å². The van der Waals surface area contributed by atoms with Crippen molar-refractivity contribution in [1.29, 1.82) is 0 Å². The van der Waals surface area contributed by atoms with Crippen LogP contribution >= 0.6 is 11.8 Å². The van der Waals surface area contributed by atoms with Crippen LogP contribution in [0.5, 0.6) is 0 Å². The highest BCUT2D eigenvalue weighted by atomic mass is 32.2. The molecule has 0 radical (unpaired) electrons. The molecule has 1 aliphatic carbocycles. The van der Waals surface area contributed by atoms with E-state index in [0.717, 1.165) is 17.9 Å². The average Bonchev–Trinajstić information content (AvgIpc) is 2.50. The Morgan fingerprint density at radius 2 is 2.00 bits per heavy atom. The number of hydrogen-bond donors (Lipinski definition) is 1. The molecule has 1 fully saturated rings. The summed E-state index contributed by atoms with van der Waals surface area (Å²) in [7, 11) is 0. The van der Waals surface area contributed by atoms with Gasteiger partial charge in [-0.15, -0.1) is 0 Å². The molecule has 1 N–H and O–H groups in total. The molecule has 0 amide bonds. The SMILES string of the molecule is CSCCCNC1CCCC(C(C)C)CC1. The number of thioether (sulfide) groups is 1. The van der Waals surface area contributed by atoms with Crippen molar-refractivity contribution in [3.63, 3.8) is 0 Å². The van der Waals surface area contributed by atoms with Gasteiger partial charge < -0.3 is 5.32 Å². The summed E-state index contributed by atoms with van der Waals surface area (Å²) in [5.41, 5.74) is 0. The fraction of sp³-hybridized carbons (Fsp3) is 1.00. The summed E-state index contributed by atoms with van der Waals surface area (Å²) >= 11 is 1.96. The van der Waals surface area contributed by atoms with Crippen LogP contribution in [-0.2, 0) is 0 Å². The van der Waals surface area contributed by atoms with Gasteiger partial charge >= 0.3 is 0 Å². The van der Waals surface area contributed by atoms with Crippen LogP contribution < -0.4 is 5.32 Å². The second kappa shape index (κ2) is 8.41. The lowest BCUT2D eigenvalue weighted by Gasteiger charge is -2.19. The van der Waals surface area contributed by atoms with Crippen molar-refractivity contribution in [3.8, 4) is 0 Å². The van der Waals surface area contributed by atoms with Gasteiger partial charge in [0.1, 0.15) is 0 Å². The van der Waals surface area contributed by atoms with Gasteiger partial charge in [-0.05, 0) is 56.1 Å². The van der Waals surface area contributed by atoms with Crippen LogP contribution in [0.2, 0.25) is 0 Å². The van der Waals surface area contributed by atoms with Crippen molar-refractivity contribution in [2.75, 3.05) is 18.6 Å². The van der Waals surface area contributed by atoms with Gasteiger partial charge in [-0.3, -0.25) is 0 Å². The highest BCUT2D eigenvalue weighted by molar-refractivity contribution is 7.98. The van der Waals surface area contributed by atoms with Gasteiger partial charge in [0.15, 0.2) is 0 Å². The van der Waals surface area contributed by atoms with Crippen molar-refractivity contribution in [3.05, 3.63) is 0 Å². The summed E-state index contributed by atoms with van der Waals surface area (Å²) in [6, 6.07) is 0.811. The molecule has 0 aromatic rings. The zero-order valence-corrected chi connectivity index (χ0v) is 12.1. The first-order chi connectivity index (χ1) is 7.74.